The van der Waals surface area contributed by atoms with Crippen molar-refractivity contribution in [1.29, 1.82) is 0 Å². The Labute approximate surface area is 130 Å². The largest absolute Gasteiger partial charge is 0.481 e. The first-order valence-corrected chi connectivity index (χ1v) is 7.54. The number of carbonyl (C=O) groups is 1. The van der Waals surface area contributed by atoms with Crippen LogP contribution in [0.2, 0.25) is 0 Å². The Morgan fingerprint density at radius 2 is 2.14 bits per heavy atom. The van der Waals surface area contributed by atoms with E-state index in [1.807, 2.05) is 4.90 Å². The summed E-state index contributed by atoms with van der Waals surface area (Å²) in [5, 5.41) is 19.7. The van der Waals surface area contributed by atoms with E-state index in [0.717, 1.165) is 25.7 Å². The Kier molecular flexibility index (Phi) is 7.28. The zero-order chi connectivity index (χ0) is 16.5. The van der Waals surface area contributed by atoms with E-state index in [1.165, 1.54) is 12.3 Å². The molecule has 0 radical (unpaired) electrons. The molecule has 1 rings (SSSR count). The summed E-state index contributed by atoms with van der Waals surface area (Å²) in [4.78, 5) is 27.2. The summed E-state index contributed by atoms with van der Waals surface area (Å²) in [7, 11) is 0. The van der Waals surface area contributed by atoms with Crippen molar-refractivity contribution < 1.29 is 14.8 Å². The third-order valence-electron chi connectivity index (χ3n) is 3.46. The summed E-state index contributed by atoms with van der Waals surface area (Å²) < 4.78 is 0. The number of hydrogen-bond donors (Lipinski definition) is 1. The van der Waals surface area contributed by atoms with Crippen molar-refractivity contribution in [3.8, 4) is 0 Å². The van der Waals surface area contributed by atoms with Crippen LogP contribution in [-0.4, -0.2) is 34.1 Å². The lowest BCUT2D eigenvalue weighted by molar-refractivity contribution is -0.385. The highest BCUT2D eigenvalue weighted by molar-refractivity contribution is 5.70. The molecule has 1 N–H and O–H groups in total. The van der Waals surface area contributed by atoms with Gasteiger partial charge < -0.3 is 10.0 Å². The number of nitro groups is 1. The van der Waals surface area contributed by atoms with Crippen molar-refractivity contribution in [2.45, 2.75) is 39.5 Å². The van der Waals surface area contributed by atoms with Crippen LogP contribution in [0.25, 0.3) is 0 Å². The van der Waals surface area contributed by atoms with E-state index in [4.69, 9.17) is 5.11 Å². The maximum Gasteiger partial charge on any atom is 0.308 e. The summed E-state index contributed by atoms with van der Waals surface area (Å²) in [5.41, 5.74) is -0.0685. The Hall–Kier alpha value is -2.18. The Balaban J connectivity index is 2.78. The first-order chi connectivity index (χ1) is 10.5. The van der Waals surface area contributed by atoms with E-state index in [0.29, 0.717) is 18.9 Å². The predicted molar refractivity (Wildman–Crippen MR) is 84.0 cm³/mol. The lowest BCUT2D eigenvalue weighted by atomic mass is 10.1. The van der Waals surface area contributed by atoms with E-state index >= 15 is 0 Å². The molecule has 7 heteroatoms. The fraction of sp³-hybridized carbons (Fsp3) is 0.600. The molecule has 0 fully saturated rings. The highest BCUT2D eigenvalue weighted by Gasteiger charge is 2.18. The van der Waals surface area contributed by atoms with Gasteiger partial charge in [-0.1, -0.05) is 33.1 Å². The van der Waals surface area contributed by atoms with Gasteiger partial charge in [-0.05, 0) is 12.5 Å². The summed E-state index contributed by atoms with van der Waals surface area (Å²) in [6.07, 6.45) is 5.48. The fourth-order valence-corrected chi connectivity index (χ4v) is 2.11. The van der Waals surface area contributed by atoms with Crippen molar-refractivity contribution in [2.75, 3.05) is 18.0 Å². The van der Waals surface area contributed by atoms with Gasteiger partial charge in [-0.15, -0.1) is 0 Å². The van der Waals surface area contributed by atoms with Crippen molar-refractivity contribution >= 4 is 17.5 Å². The minimum Gasteiger partial charge on any atom is -0.481 e. The van der Waals surface area contributed by atoms with Gasteiger partial charge in [0.2, 0.25) is 0 Å². The highest BCUT2D eigenvalue weighted by atomic mass is 16.6. The van der Waals surface area contributed by atoms with E-state index < -0.39 is 16.8 Å². The number of aromatic nitrogens is 1. The molecule has 0 saturated heterocycles. The standard InChI is InChI=1S/C15H23N3O4/c1-3-4-5-6-9-17(11-12(2)15(19)20)14-8-7-13(10-16-14)18(21)22/h7-8,10,12H,3-6,9,11H2,1-2H3,(H,19,20). The molecule has 122 valence electrons. The number of anilines is 1. The van der Waals surface area contributed by atoms with Crippen LogP contribution in [0, 0.1) is 16.0 Å². The Morgan fingerprint density at radius 3 is 2.64 bits per heavy atom. The molecule has 0 amide bonds. The molecule has 0 bridgehead atoms. The topological polar surface area (TPSA) is 96.6 Å². The first kappa shape index (κ1) is 17.9. The second-order valence-corrected chi connectivity index (χ2v) is 5.38. The van der Waals surface area contributed by atoms with Crippen LogP contribution >= 0.6 is 0 Å². The van der Waals surface area contributed by atoms with E-state index in [1.54, 1.807) is 13.0 Å². The van der Waals surface area contributed by atoms with Gasteiger partial charge >= 0.3 is 5.97 Å². The van der Waals surface area contributed by atoms with Crippen LogP contribution in [0.1, 0.15) is 39.5 Å². The number of carboxylic acid groups (broad SMARTS) is 1. The number of aliphatic carboxylic acids is 1. The van der Waals surface area contributed by atoms with Crippen molar-refractivity contribution in [3.63, 3.8) is 0 Å². The second kappa shape index (κ2) is 8.96. The summed E-state index contributed by atoms with van der Waals surface area (Å²) in [6, 6.07) is 2.97. The molecular weight excluding hydrogens is 286 g/mol. The average molecular weight is 309 g/mol. The third kappa shape index (κ3) is 5.67. The lowest BCUT2D eigenvalue weighted by Gasteiger charge is -2.25. The smallest absolute Gasteiger partial charge is 0.308 e. The molecule has 1 atom stereocenters. The minimum absolute atomic E-state index is 0.0685. The molecule has 1 unspecified atom stereocenters. The molecule has 0 aromatic carbocycles. The highest BCUT2D eigenvalue weighted by Crippen LogP contribution is 2.18. The maximum atomic E-state index is 11.0. The normalized spacial score (nSPS) is 11.9. The first-order valence-electron chi connectivity index (χ1n) is 7.54. The van der Waals surface area contributed by atoms with Crippen molar-refractivity contribution in [3.05, 3.63) is 28.4 Å². The number of carboxylic acids is 1. The fourth-order valence-electron chi connectivity index (χ4n) is 2.11. The zero-order valence-electron chi connectivity index (χ0n) is 13.1. The summed E-state index contributed by atoms with van der Waals surface area (Å²) in [6.45, 7) is 4.81. The van der Waals surface area contributed by atoms with Crippen LogP contribution in [0.5, 0.6) is 0 Å². The van der Waals surface area contributed by atoms with Gasteiger partial charge in [-0.3, -0.25) is 14.9 Å². The van der Waals surface area contributed by atoms with Crippen molar-refractivity contribution in [2.24, 2.45) is 5.92 Å². The number of pyridine rings is 1. The minimum atomic E-state index is -0.861. The molecule has 7 nitrogen and oxygen atoms in total. The monoisotopic (exact) mass is 309 g/mol. The molecule has 1 heterocycles. The van der Waals surface area contributed by atoms with Crippen LogP contribution in [0.15, 0.2) is 18.3 Å². The van der Waals surface area contributed by atoms with E-state index in [9.17, 15) is 14.9 Å². The second-order valence-electron chi connectivity index (χ2n) is 5.38. The van der Waals surface area contributed by atoms with Crippen LogP contribution in [0.3, 0.4) is 0 Å². The van der Waals surface area contributed by atoms with Gasteiger partial charge in [0, 0.05) is 19.2 Å². The molecule has 0 aliphatic rings. The van der Waals surface area contributed by atoms with Gasteiger partial charge in [0.05, 0.1) is 10.8 Å². The molecule has 0 aliphatic carbocycles. The van der Waals surface area contributed by atoms with E-state index in [-0.39, 0.29) is 5.69 Å². The number of unbranched alkanes of at least 4 members (excludes halogenated alkanes) is 3. The molecular formula is C15H23N3O4. The van der Waals surface area contributed by atoms with Gasteiger partial charge in [0.15, 0.2) is 0 Å². The Morgan fingerprint density at radius 1 is 1.41 bits per heavy atom. The van der Waals surface area contributed by atoms with Gasteiger partial charge in [0.1, 0.15) is 12.0 Å². The summed E-state index contributed by atoms with van der Waals surface area (Å²) >= 11 is 0. The summed E-state index contributed by atoms with van der Waals surface area (Å²) in [5.74, 6) is -0.807. The van der Waals surface area contributed by atoms with Crippen molar-refractivity contribution in [1.82, 2.24) is 4.98 Å². The predicted octanol–water partition coefficient (Wildman–Crippen LogP) is 3.10. The van der Waals surface area contributed by atoms with Gasteiger partial charge in [0.25, 0.3) is 5.69 Å². The van der Waals surface area contributed by atoms with Gasteiger partial charge in [-0.25, -0.2) is 4.98 Å². The van der Waals surface area contributed by atoms with Crippen LogP contribution in [-0.2, 0) is 4.79 Å². The molecule has 1 aromatic rings. The molecule has 0 aliphatic heterocycles. The number of hydrogen-bond acceptors (Lipinski definition) is 5. The van der Waals surface area contributed by atoms with Crippen LogP contribution < -0.4 is 4.90 Å². The average Bonchev–Trinajstić information content (AvgIpc) is 2.50. The number of rotatable bonds is 10. The molecule has 0 saturated carbocycles. The quantitative estimate of drug-likeness (QED) is 0.405. The molecule has 0 spiro atoms. The molecule has 22 heavy (non-hydrogen) atoms. The maximum absolute atomic E-state index is 11.0. The van der Waals surface area contributed by atoms with E-state index in [2.05, 4.69) is 11.9 Å². The lowest BCUT2D eigenvalue weighted by Crippen LogP contribution is -2.33. The zero-order valence-corrected chi connectivity index (χ0v) is 13.1. The Bertz CT molecular complexity index is 490. The molecule has 1 aromatic heterocycles. The SMILES string of the molecule is CCCCCCN(CC(C)C(=O)O)c1ccc([N+](=O)[O-])cn1. The van der Waals surface area contributed by atoms with Gasteiger partial charge in [-0.2, -0.15) is 0 Å². The number of nitrogens with zero attached hydrogens (tertiary/aromatic N) is 3. The third-order valence-corrected chi connectivity index (χ3v) is 3.46. The van der Waals surface area contributed by atoms with Crippen LogP contribution in [0.4, 0.5) is 11.5 Å².